The van der Waals surface area contributed by atoms with E-state index < -0.39 is 6.43 Å². The number of alkyl halides is 2. The van der Waals surface area contributed by atoms with Crippen LogP contribution in [0.3, 0.4) is 0 Å². The summed E-state index contributed by atoms with van der Waals surface area (Å²) in [5.74, 6) is 0.506. The average Bonchev–Trinajstić information content (AvgIpc) is 2.32. The molecule has 1 atom stereocenters. The van der Waals surface area contributed by atoms with Gasteiger partial charge in [-0.2, -0.15) is 0 Å². The van der Waals surface area contributed by atoms with E-state index in [1.807, 2.05) is 0 Å². The molecule has 1 aliphatic carbocycles. The first kappa shape index (κ1) is 14.2. The number of nitrogens with one attached hydrogen (secondary N) is 1. The van der Waals surface area contributed by atoms with Crippen LogP contribution in [0, 0.1) is 5.92 Å². The molecule has 2 rings (SSSR count). The Morgan fingerprint density at radius 2 is 1.89 bits per heavy atom. The van der Waals surface area contributed by atoms with Crippen LogP contribution in [0.5, 0.6) is 0 Å². The molecule has 2 aliphatic rings. The third kappa shape index (κ3) is 3.02. The Bertz CT molecular complexity index is 263. The maximum atomic E-state index is 12.8. The summed E-state index contributed by atoms with van der Waals surface area (Å²) in [4.78, 5) is 2.10. The highest BCUT2D eigenvalue weighted by Gasteiger charge is 2.43. The highest BCUT2D eigenvalue weighted by Crippen LogP contribution is 2.36. The van der Waals surface area contributed by atoms with Crippen molar-refractivity contribution in [2.45, 2.75) is 64.0 Å². The van der Waals surface area contributed by atoms with Crippen LogP contribution in [0.4, 0.5) is 8.78 Å². The van der Waals surface area contributed by atoms with Crippen molar-refractivity contribution in [3.05, 3.63) is 0 Å². The van der Waals surface area contributed by atoms with E-state index in [1.165, 1.54) is 19.3 Å². The fraction of sp³-hybridized carbons (Fsp3) is 1.00. The molecule has 1 unspecified atom stereocenters. The Balaban J connectivity index is 2.08. The van der Waals surface area contributed by atoms with E-state index in [2.05, 4.69) is 24.1 Å². The summed E-state index contributed by atoms with van der Waals surface area (Å²) < 4.78 is 25.6. The number of piperazine rings is 1. The summed E-state index contributed by atoms with van der Waals surface area (Å²) >= 11 is 0. The molecule has 18 heavy (non-hydrogen) atoms. The molecule has 1 N–H and O–H groups in total. The molecule has 2 fully saturated rings. The van der Waals surface area contributed by atoms with Crippen molar-refractivity contribution < 1.29 is 8.78 Å². The maximum Gasteiger partial charge on any atom is 0.251 e. The lowest BCUT2D eigenvalue weighted by Crippen LogP contribution is -2.66. The van der Waals surface area contributed by atoms with Crippen molar-refractivity contribution in [1.29, 1.82) is 0 Å². The maximum absolute atomic E-state index is 12.8. The van der Waals surface area contributed by atoms with Gasteiger partial charge in [-0.15, -0.1) is 0 Å². The third-order valence-corrected chi connectivity index (χ3v) is 4.73. The van der Waals surface area contributed by atoms with Crippen LogP contribution in [-0.2, 0) is 0 Å². The molecule has 2 nitrogen and oxygen atoms in total. The lowest BCUT2D eigenvalue weighted by Gasteiger charge is -2.52. The lowest BCUT2D eigenvalue weighted by atomic mass is 9.77. The highest BCUT2D eigenvalue weighted by atomic mass is 19.3. The molecule has 1 aliphatic heterocycles. The highest BCUT2D eigenvalue weighted by molar-refractivity contribution is 5.01. The van der Waals surface area contributed by atoms with Crippen LogP contribution >= 0.6 is 0 Å². The predicted molar refractivity (Wildman–Crippen MR) is 70.0 cm³/mol. The van der Waals surface area contributed by atoms with Gasteiger partial charge >= 0.3 is 0 Å². The zero-order valence-electron chi connectivity index (χ0n) is 11.6. The minimum Gasteiger partial charge on any atom is -0.311 e. The van der Waals surface area contributed by atoms with E-state index in [-0.39, 0.29) is 12.1 Å². The quantitative estimate of drug-likeness (QED) is 0.839. The van der Waals surface area contributed by atoms with E-state index in [1.54, 1.807) is 0 Å². The first-order chi connectivity index (χ1) is 8.53. The Labute approximate surface area is 109 Å². The number of rotatable bonds is 3. The van der Waals surface area contributed by atoms with E-state index in [0.29, 0.717) is 12.0 Å². The smallest absolute Gasteiger partial charge is 0.251 e. The van der Waals surface area contributed by atoms with E-state index in [4.69, 9.17) is 0 Å². The van der Waals surface area contributed by atoms with Gasteiger partial charge in [-0.25, -0.2) is 8.78 Å². The van der Waals surface area contributed by atoms with Crippen molar-refractivity contribution in [1.82, 2.24) is 10.2 Å². The van der Waals surface area contributed by atoms with Gasteiger partial charge in [-0.3, -0.25) is 4.90 Å². The second kappa shape index (κ2) is 5.83. The molecule has 0 aromatic rings. The second-order valence-corrected chi connectivity index (χ2v) is 6.31. The van der Waals surface area contributed by atoms with Gasteiger partial charge in [0, 0.05) is 24.7 Å². The van der Waals surface area contributed by atoms with Gasteiger partial charge in [-0.05, 0) is 18.8 Å². The van der Waals surface area contributed by atoms with Crippen LogP contribution in [0.15, 0.2) is 0 Å². The van der Waals surface area contributed by atoms with Crippen molar-refractivity contribution in [3.8, 4) is 0 Å². The summed E-state index contributed by atoms with van der Waals surface area (Å²) in [6.45, 7) is 5.95. The first-order valence-electron chi connectivity index (χ1n) is 7.30. The van der Waals surface area contributed by atoms with Crippen LogP contribution < -0.4 is 5.32 Å². The summed E-state index contributed by atoms with van der Waals surface area (Å²) in [6.07, 6.45) is 3.59. The van der Waals surface area contributed by atoms with Crippen molar-refractivity contribution in [2.24, 2.45) is 5.92 Å². The largest absolute Gasteiger partial charge is 0.311 e. The molecule has 1 heterocycles. The van der Waals surface area contributed by atoms with E-state index in [9.17, 15) is 8.78 Å². The number of halogens is 2. The van der Waals surface area contributed by atoms with Gasteiger partial charge in [0.25, 0.3) is 6.43 Å². The predicted octanol–water partition coefficient (Wildman–Crippen LogP) is 2.88. The Morgan fingerprint density at radius 3 is 2.44 bits per heavy atom. The number of hydrogen-bond acceptors (Lipinski definition) is 2. The Morgan fingerprint density at radius 1 is 1.22 bits per heavy atom. The SMILES string of the molecule is CC(C)C1CN(CC(F)F)C2(CCCCC2)CN1. The molecule has 0 amide bonds. The normalized spacial score (nSPS) is 29.3. The standard InChI is InChI=1S/C14H26F2N2/c1-11(2)12-8-18(9-13(15)16)14(10-17-12)6-4-3-5-7-14/h11-13,17H,3-10H2,1-2H3. The summed E-state index contributed by atoms with van der Waals surface area (Å²) in [6, 6.07) is 0.358. The van der Waals surface area contributed by atoms with Gasteiger partial charge in [0.15, 0.2) is 0 Å². The second-order valence-electron chi connectivity index (χ2n) is 6.31. The van der Waals surface area contributed by atoms with Gasteiger partial charge in [0.2, 0.25) is 0 Å². The fourth-order valence-corrected chi connectivity index (χ4v) is 3.51. The molecule has 4 heteroatoms. The van der Waals surface area contributed by atoms with Gasteiger partial charge < -0.3 is 5.32 Å². The third-order valence-electron chi connectivity index (χ3n) is 4.73. The van der Waals surface area contributed by atoms with Crippen LogP contribution in [0.1, 0.15) is 46.0 Å². The molecule has 1 saturated heterocycles. The van der Waals surface area contributed by atoms with Gasteiger partial charge in [0.1, 0.15) is 0 Å². The molecular formula is C14H26F2N2. The van der Waals surface area contributed by atoms with Crippen LogP contribution in [0.25, 0.3) is 0 Å². The Kier molecular flexibility index (Phi) is 4.59. The van der Waals surface area contributed by atoms with Crippen molar-refractivity contribution in [2.75, 3.05) is 19.6 Å². The minimum absolute atomic E-state index is 0.0140. The molecule has 0 bridgehead atoms. The van der Waals surface area contributed by atoms with Crippen molar-refractivity contribution in [3.63, 3.8) is 0 Å². The molecule has 0 aromatic heterocycles. The fourth-order valence-electron chi connectivity index (χ4n) is 3.51. The Hall–Kier alpha value is -0.220. The molecule has 1 spiro atoms. The molecule has 0 aromatic carbocycles. The first-order valence-corrected chi connectivity index (χ1v) is 7.30. The van der Waals surface area contributed by atoms with E-state index in [0.717, 1.165) is 25.9 Å². The zero-order chi connectivity index (χ0) is 13.2. The summed E-state index contributed by atoms with van der Waals surface area (Å²) in [5.41, 5.74) is 0.0140. The summed E-state index contributed by atoms with van der Waals surface area (Å²) in [5, 5.41) is 3.60. The van der Waals surface area contributed by atoms with Gasteiger partial charge in [-0.1, -0.05) is 33.1 Å². The van der Waals surface area contributed by atoms with Crippen molar-refractivity contribution >= 4 is 0 Å². The zero-order valence-corrected chi connectivity index (χ0v) is 11.6. The van der Waals surface area contributed by atoms with Crippen LogP contribution in [-0.4, -0.2) is 42.5 Å². The molecule has 1 saturated carbocycles. The summed E-state index contributed by atoms with van der Waals surface area (Å²) in [7, 11) is 0. The molecule has 0 radical (unpaired) electrons. The monoisotopic (exact) mass is 260 g/mol. The number of hydrogen-bond donors (Lipinski definition) is 1. The number of nitrogens with zero attached hydrogens (tertiary/aromatic N) is 1. The lowest BCUT2D eigenvalue weighted by molar-refractivity contribution is -0.0341. The minimum atomic E-state index is -2.21. The van der Waals surface area contributed by atoms with Crippen LogP contribution in [0.2, 0.25) is 0 Å². The van der Waals surface area contributed by atoms with E-state index >= 15 is 0 Å². The topological polar surface area (TPSA) is 15.3 Å². The molecular weight excluding hydrogens is 234 g/mol. The van der Waals surface area contributed by atoms with Gasteiger partial charge in [0.05, 0.1) is 6.54 Å². The molecule has 106 valence electrons. The average molecular weight is 260 g/mol.